The minimum atomic E-state index is -0.685. The summed E-state index contributed by atoms with van der Waals surface area (Å²) in [5, 5.41) is 0. The number of para-hydroxylation sites is 1. The average molecular weight is 384 g/mol. The van der Waals surface area contributed by atoms with Gasteiger partial charge >= 0.3 is 6.03 Å². The summed E-state index contributed by atoms with van der Waals surface area (Å²) in [6.45, 7) is 3.64. The van der Waals surface area contributed by atoms with E-state index in [-0.39, 0.29) is 12.1 Å². The summed E-state index contributed by atoms with van der Waals surface area (Å²) >= 11 is 0. The Hall–Kier alpha value is -3.99. The van der Waals surface area contributed by atoms with Gasteiger partial charge in [-0.15, -0.1) is 0 Å². The first-order chi connectivity index (χ1) is 14.1. The van der Waals surface area contributed by atoms with Gasteiger partial charge in [0.1, 0.15) is 0 Å². The zero-order valence-electron chi connectivity index (χ0n) is 15.8. The van der Waals surface area contributed by atoms with E-state index in [1.54, 1.807) is 30.3 Å². The molecule has 1 aliphatic heterocycles. The highest BCUT2D eigenvalue weighted by Gasteiger charge is 2.41. The van der Waals surface area contributed by atoms with Gasteiger partial charge in [-0.25, -0.2) is 9.69 Å². The molecule has 29 heavy (non-hydrogen) atoms. The largest absolute Gasteiger partial charge is 0.338 e. The predicted molar refractivity (Wildman–Crippen MR) is 112 cm³/mol. The minimum Gasteiger partial charge on any atom is -0.268 e. The molecule has 4 amide bonds. The Morgan fingerprint density at radius 1 is 0.621 bits per heavy atom. The molecular weight excluding hydrogens is 364 g/mol. The third-order valence-corrected chi connectivity index (χ3v) is 4.25. The quantitative estimate of drug-likeness (QED) is 0.496. The number of anilines is 1. The molecule has 3 aromatic rings. The molecule has 0 N–H and O–H groups in total. The minimum absolute atomic E-state index is 0.0914. The van der Waals surface area contributed by atoms with E-state index in [0.717, 1.165) is 15.4 Å². The number of imide groups is 2. The lowest BCUT2D eigenvalue weighted by Crippen LogP contribution is -2.56. The van der Waals surface area contributed by atoms with Crippen LogP contribution in [0.5, 0.6) is 0 Å². The van der Waals surface area contributed by atoms with E-state index < -0.39 is 17.8 Å². The fourth-order valence-corrected chi connectivity index (χ4v) is 2.78. The fraction of sp³-hybridized carbons (Fsp3) is 0.0417. The van der Waals surface area contributed by atoms with E-state index >= 15 is 0 Å². The van der Waals surface area contributed by atoms with Crippen LogP contribution >= 0.6 is 0 Å². The highest BCUT2D eigenvalue weighted by atomic mass is 16.2. The van der Waals surface area contributed by atoms with Gasteiger partial charge in [0, 0.05) is 0 Å². The number of nitrogens with zero attached hydrogens (tertiary/aromatic N) is 2. The molecule has 0 aliphatic carbocycles. The predicted octanol–water partition coefficient (Wildman–Crippen LogP) is 4.42. The molecule has 1 aliphatic rings. The van der Waals surface area contributed by atoms with Crippen molar-refractivity contribution in [1.29, 1.82) is 0 Å². The van der Waals surface area contributed by atoms with Crippen LogP contribution in [0.15, 0.2) is 109 Å². The number of carbonyl (C=O) groups excluding carboxylic acids is 3. The summed E-state index contributed by atoms with van der Waals surface area (Å²) in [7, 11) is 0. The van der Waals surface area contributed by atoms with Crippen LogP contribution < -0.4 is 4.90 Å². The molecule has 0 radical (unpaired) electrons. The van der Waals surface area contributed by atoms with E-state index in [0.29, 0.717) is 5.69 Å². The Morgan fingerprint density at radius 3 is 1.59 bits per heavy atom. The van der Waals surface area contributed by atoms with Crippen LogP contribution in [0.1, 0.15) is 5.56 Å². The second-order valence-corrected chi connectivity index (χ2v) is 6.27. The lowest BCUT2D eigenvalue weighted by Gasteiger charge is -2.33. The van der Waals surface area contributed by atoms with Gasteiger partial charge in [0.05, 0.1) is 17.8 Å². The third kappa shape index (κ3) is 4.65. The van der Waals surface area contributed by atoms with Crippen molar-refractivity contribution >= 4 is 23.5 Å². The highest BCUT2D eigenvalue weighted by Crippen LogP contribution is 2.24. The Bertz CT molecular complexity index is 975. The number of urea groups is 1. The molecule has 0 aromatic heterocycles. The summed E-state index contributed by atoms with van der Waals surface area (Å²) < 4.78 is 0. The van der Waals surface area contributed by atoms with E-state index in [1.807, 2.05) is 66.7 Å². The molecule has 3 aromatic carbocycles. The number of benzene rings is 3. The first-order valence-electron chi connectivity index (χ1n) is 9.08. The van der Waals surface area contributed by atoms with Crippen molar-refractivity contribution in [3.63, 3.8) is 0 Å². The van der Waals surface area contributed by atoms with Gasteiger partial charge in [-0.1, -0.05) is 91.5 Å². The van der Waals surface area contributed by atoms with E-state index in [2.05, 4.69) is 6.58 Å². The summed E-state index contributed by atoms with van der Waals surface area (Å²) in [5.74, 6) is -1.34. The molecule has 0 bridgehead atoms. The topological polar surface area (TPSA) is 57.7 Å². The van der Waals surface area contributed by atoms with E-state index in [4.69, 9.17) is 0 Å². The van der Waals surface area contributed by atoms with Gasteiger partial charge in [-0.2, -0.15) is 0 Å². The standard InChI is InChI=1S/C18H14N2O3.C6H6/c1-13-16(21)19(12-14-8-4-2-5-9-14)18(23)20(17(13)22)15-10-6-3-7-11-15;1-2-4-6-5-3-1/h2-11H,1,12H2;1-6H. The van der Waals surface area contributed by atoms with Crippen LogP contribution in [-0.2, 0) is 16.1 Å². The van der Waals surface area contributed by atoms with Gasteiger partial charge in [0.15, 0.2) is 0 Å². The van der Waals surface area contributed by atoms with Crippen LogP contribution in [0.3, 0.4) is 0 Å². The zero-order valence-corrected chi connectivity index (χ0v) is 15.8. The maximum absolute atomic E-state index is 12.7. The van der Waals surface area contributed by atoms with Crippen molar-refractivity contribution in [3.05, 3.63) is 115 Å². The number of hydrogen-bond acceptors (Lipinski definition) is 3. The second kappa shape index (κ2) is 9.28. The first kappa shape index (κ1) is 19.8. The number of hydrogen-bond donors (Lipinski definition) is 0. The maximum atomic E-state index is 12.7. The summed E-state index contributed by atoms with van der Waals surface area (Å²) in [6.07, 6.45) is 0. The maximum Gasteiger partial charge on any atom is 0.338 e. The van der Waals surface area contributed by atoms with Gasteiger partial charge in [0.25, 0.3) is 11.8 Å². The van der Waals surface area contributed by atoms with Crippen LogP contribution in [0, 0.1) is 0 Å². The van der Waals surface area contributed by atoms with Crippen LogP contribution in [-0.4, -0.2) is 22.7 Å². The Labute approximate surface area is 169 Å². The SMILES string of the molecule is C=C1C(=O)N(Cc2ccccc2)C(=O)N(c2ccccc2)C1=O.c1ccccc1. The number of amides is 4. The zero-order chi connectivity index (χ0) is 20.6. The molecule has 1 saturated heterocycles. The highest BCUT2D eigenvalue weighted by molar-refractivity contribution is 6.37. The third-order valence-electron chi connectivity index (χ3n) is 4.25. The molecule has 0 atom stereocenters. The molecule has 5 nitrogen and oxygen atoms in total. The van der Waals surface area contributed by atoms with Crippen molar-refractivity contribution in [1.82, 2.24) is 4.90 Å². The monoisotopic (exact) mass is 384 g/mol. The Morgan fingerprint density at radius 2 is 1.07 bits per heavy atom. The normalized spacial score (nSPS) is 13.8. The van der Waals surface area contributed by atoms with Gasteiger partial charge in [-0.05, 0) is 17.7 Å². The Balaban J connectivity index is 0.000000343. The lowest BCUT2D eigenvalue weighted by molar-refractivity contribution is -0.129. The molecule has 1 fully saturated rings. The molecule has 0 unspecified atom stereocenters. The van der Waals surface area contributed by atoms with Crippen molar-refractivity contribution in [2.24, 2.45) is 0 Å². The molecule has 0 saturated carbocycles. The smallest absolute Gasteiger partial charge is 0.268 e. The lowest BCUT2D eigenvalue weighted by atomic mass is 10.1. The second-order valence-electron chi connectivity index (χ2n) is 6.27. The van der Waals surface area contributed by atoms with Crippen molar-refractivity contribution in [2.75, 3.05) is 4.90 Å². The molecule has 144 valence electrons. The molecule has 1 heterocycles. The molecule has 5 heteroatoms. The van der Waals surface area contributed by atoms with E-state index in [1.165, 1.54) is 0 Å². The van der Waals surface area contributed by atoms with Crippen LogP contribution in [0.25, 0.3) is 0 Å². The number of rotatable bonds is 3. The summed E-state index contributed by atoms with van der Waals surface area (Å²) in [6, 6.07) is 29.0. The van der Waals surface area contributed by atoms with E-state index in [9.17, 15) is 14.4 Å². The summed E-state index contributed by atoms with van der Waals surface area (Å²) in [5.41, 5.74) is 0.989. The van der Waals surface area contributed by atoms with Crippen molar-refractivity contribution in [2.45, 2.75) is 6.54 Å². The first-order valence-corrected chi connectivity index (χ1v) is 9.08. The Kier molecular flexibility index (Phi) is 6.32. The van der Waals surface area contributed by atoms with Crippen LogP contribution in [0.4, 0.5) is 10.5 Å². The average Bonchev–Trinajstić information content (AvgIpc) is 2.78. The van der Waals surface area contributed by atoms with Gasteiger partial charge in [-0.3, -0.25) is 14.5 Å². The van der Waals surface area contributed by atoms with Crippen LogP contribution in [0.2, 0.25) is 0 Å². The molecule has 0 spiro atoms. The fourth-order valence-electron chi connectivity index (χ4n) is 2.78. The number of barbiturate groups is 1. The molecule has 4 rings (SSSR count). The summed E-state index contributed by atoms with van der Waals surface area (Å²) in [4.78, 5) is 39.3. The van der Waals surface area contributed by atoms with Gasteiger partial charge < -0.3 is 0 Å². The number of carbonyl (C=O) groups is 3. The van der Waals surface area contributed by atoms with Crippen molar-refractivity contribution < 1.29 is 14.4 Å². The van der Waals surface area contributed by atoms with Gasteiger partial charge in [0.2, 0.25) is 0 Å². The molecular formula is C24H20N2O3. The van der Waals surface area contributed by atoms with Crippen molar-refractivity contribution in [3.8, 4) is 0 Å².